The summed E-state index contributed by atoms with van der Waals surface area (Å²) < 4.78 is 4.46. The molecule has 0 radical (unpaired) electrons. The first-order valence-electron chi connectivity index (χ1n) is 5.10. The molecule has 0 aliphatic rings. The Bertz CT molecular complexity index is 205. The van der Waals surface area contributed by atoms with Gasteiger partial charge in [0.25, 0.3) is 0 Å². The lowest BCUT2D eigenvalue weighted by atomic mass is 10.2. The van der Waals surface area contributed by atoms with Crippen molar-refractivity contribution in [1.29, 1.82) is 0 Å². The molecule has 5 heteroatoms. The van der Waals surface area contributed by atoms with Gasteiger partial charge in [-0.25, -0.2) is 0 Å². The molecule has 0 rings (SSSR count). The van der Waals surface area contributed by atoms with E-state index in [2.05, 4.69) is 15.4 Å². The van der Waals surface area contributed by atoms with E-state index in [4.69, 9.17) is 0 Å². The minimum atomic E-state index is -0.273. The lowest BCUT2D eigenvalue weighted by Crippen LogP contribution is -2.36. The van der Waals surface area contributed by atoms with Crippen LogP contribution in [0.3, 0.4) is 0 Å². The molecule has 0 fully saturated rings. The average molecular weight is 216 g/mol. The van der Waals surface area contributed by atoms with Crippen molar-refractivity contribution in [3.63, 3.8) is 0 Å². The van der Waals surface area contributed by atoms with Crippen LogP contribution in [0.15, 0.2) is 0 Å². The Morgan fingerprint density at radius 2 is 2.00 bits per heavy atom. The number of nitrogens with one attached hydrogen (secondary N) is 2. The standard InChI is InChI=1S/C10H20N2O3/c1-8(2)6-12-9(13)7-11-5-4-10(14)15-3/h8,11H,4-7H2,1-3H3,(H,12,13). The van der Waals surface area contributed by atoms with Crippen LogP contribution in [-0.4, -0.2) is 38.6 Å². The van der Waals surface area contributed by atoms with Crippen molar-refractivity contribution in [2.45, 2.75) is 20.3 Å². The fourth-order valence-electron chi connectivity index (χ4n) is 0.875. The van der Waals surface area contributed by atoms with Crippen LogP contribution in [0.25, 0.3) is 0 Å². The summed E-state index contributed by atoms with van der Waals surface area (Å²) in [6.07, 6.45) is 0.286. The Balaban J connectivity index is 3.35. The Morgan fingerprint density at radius 3 is 2.53 bits per heavy atom. The summed E-state index contributed by atoms with van der Waals surface area (Å²) in [5.74, 6) is 0.127. The predicted molar refractivity (Wildman–Crippen MR) is 57.4 cm³/mol. The first-order valence-corrected chi connectivity index (χ1v) is 5.10. The van der Waals surface area contributed by atoms with Crippen LogP contribution < -0.4 is 10.6 Å². The monoisotopic (exact) mass is 216 g/mol. The number of methoxy groups -OCH3 is 1. The van der Waals surface area contributed by atoms with Gasteiger partial charge in [0, 0.05) is 13.1 Å². The summed E-state index contributed by atoms with van der Waals surface area (Å²) in [5.41, 5.74) is 0. The topological polar surface area (TPSA) is 67.4 Å². The van der Waals surface area contributed by atoms with Gasteiger partial charge in [0.2, 0.25) is 5.91 Å². The van der Waals surface area contributed by atoms with Crippen LogP contribution in [0, 0.1) is 5.92 Å². The van der Waals surface area contributed by atoms with Gasteiger partial charge >= 0.3 is 5.97 Å². The fourth-order valence-corrected chi connectivity index (χ4v) is 0.875. The number of rotatable bonds is 7. The second-order valence-corrected chi connectivity index (χ2v) is 3.70. The molecule has 15 heavy (non-hydrogen) atoms. The summed E-state index contributed by atoms with van der Waals surface area (Å²) >= 11 is 0. The van der Waals surface area contributed by atoms with Gasteiger partial charge in [-0.2, -0.15) is 0 Å². The van der Waals surface area contributed by atoms with Crippen molar-refractivity contribution < 1.29 is 14.3 Å². The molecule has 5 nitrogen and oxygen atoms in total. The number of amides is 1. The molecule has 0 aliphatic carbocycles. The van der Waals surface area contributed by atoms with E-state index in [9.17, 15) is 9.59 Å². The number of carbonyl (C=O) groups excluding carboxylic acids is 2. The minimum absolute atomic E-state index is 0.0476. The second kappa shape index (κ2) is 8.23. The van der Waals surface area contributed by atoms with E-state index in [1.165, 1.54) is 7.11 Å². The van der Waals surface area contributed by atoms with Crippen LogP contribution in [0.1, 0.15) is 20.3 Å². The molecular weight excluding hydrogens is 196 g/mol. The van der Waals surface area contributed by atoms with E-state index in [1.807, 2.05) is 13.8 Å². The van der Waals surface area contributed by atoms with Crippen LogP contribution in [-0.2, 0) is 14.3 Å². The number of hydrogen-bond acceptors (Lipinski definition) is 4. The molecule has 1 amide bonds. The second-order valence-electron chi connectivity index (χ2n) is 3.70. The van der Waals surface area contributed by atoms with Crippen molar-refractivity contribution in [3.05, 3.63) is 0 Å². The molecule has 0 bridgehead atoms. The van der Waals surface area contributed by atoms with Gasteiger partial charge in [-0.05, 0) is 5.92 Å². The number of ether oxygens (including phenoxy) is 1. The quantitative estimate of drug-likeness (QED) is 0.461. The first kappa shape index (κ1) is 13.9. The zero-order valence-corrected chi connectivity index (χ0v) is 9.63. The fraction of sp³-hybridized carbons (Fsp3) is 0.800. The van der Waals surface area contributed by atoms with E-state index in [0.29, 0.717) is 19.0 Å². The predicted octanol–water partition coefficient (Wildman–Crippen LogP) is -0.0887. The van der Waals surface area contributed by atoms with Gasteiger partial charge in [-0.1, -0.05) is 13.8 Å². The Labute approximate surface area is 90.6 Å². The highest BCUT2D eigenvalue weighted by Gasteiger charge is 2.03. The largest absolute Gasteiger partial charge is 0.469 e. The number of carbonyl (C=O) groups is 2. The summed E-state index contributed by atoms with van der Waals surface area (Å²) in [7, 11) is 1.34. The summed E-state index contributed by atoms with van der Waals surface area (Å²) in [4.78, 5) is 21.9. The van der Waals surface area contributed by atoms with E-state index in [1.54, 1.807) is 0 Å². The van der Waals surface area contributed by atoms with Crippen molar-refractivity contribution in [3.8, 4) is 0 Å². The highest BCUT2D eigenvalue weighted by molar-refractivity contribution is 5.78. The maximum absolute atomic E-state index is 11.2. The van der Waals surface area contributed by atoms with Crippen molar-refractivity contribution in [1.82, 2.24) is 10.6 Å². The van der Waals surface area contributed by atoms with Gasteiger partial charge in [0.1, 0.15) is 0 Å². The molecule has 0 aromatic carbocycles. The number of esters is 1. The summed E-state index contributed by atoms with van der Waals surface area (Å²) in [6, 6.07) is 0. The van der Waals surface area contributed by atoms with Crippen molar-refractivity contribution in [2.24, 2.45) is 5.92 Å². The Hall–Kier alpha value is -1.10. The van der Waals surface area contributed by atoms with Gasteiger partial charge in [-0.3, -0.25) is 9.59 Å². The molecule has 0 unspecified atom stereocenters. The molecule has 0 aromatic heterocycles. The smallest absolute Gasteiger partial charge is 0.306 e. The first-order chi connectivity index (χ1) is 7.06. The highest BCUT2D eigenvalue weighted by Crippen LogP contribution is 1.86. The van der Waals surface area contributed by atoms with Crippen LogP contribution in [0.5, 0.6) is 0 Å². The van der Waals surface area contributed by atoms with E-state index in [0.717, 1.165) is 0 Å². The maximum Gasteiger partial charge on any atom is 0.306 e. The third-order valence-corrected chi connectivity index (χ3v) is 1.73. The molecule has 0 spiro atoms. The normalized spacial score (nSPS) is 10.1. The molecule has 0 atom stereocenters. The maximum atomic E-state index is 11.2. The Kier molecular flexibility index (Phi) is 7.62. The molecule has 0 aliphatic heterocycles. The molecular formula is C10H20N2O3. The summed E-state index contributed by atoms with van der Waals surface area (Å²) in [6.45, 7) is 5.44. The van der Waals surface area contributed by atoms with E-state index in [-0.39, 0.29) is 24.8 Å². The van der Waals surface area contributed by atoms with E-state index >= 15 is 0 Å². The zero-order chi connectivity index (χ0) is 11.7. The van der Waals surface area contributed by atoms with Crippen LogP contribution >= 0.6 is 0 Å². The molecule has 88 valence electrons. The van der Waals surface area contributed by atoms with Crippen LogP contribution in [0.4, 0.5) is 0 Å². The SMILES string of the molecule is COC(=O)CCNCC(=O)NCC(C)C. The van der Waals surface area contributed by atoms with Gasteiger partial charge in [0.05, 0.1) is 20.1 Å². The van der Waals surface area contributed by atoms with Gasteiger partial charge < -0.3 is 15.4 Å². The lowest BCUT2D eigenvalue weighted by molar-refractivity contribution is -0.140. The molecule has 2 N–H and O–H groups in total. The van der Waals surface area contributed by atoms with Crippen molar-refractivity contribution >= 4 is 11.9 Å². The summed E-state index contributed by atoms with van der Waals surface area (Å²) in [5, 5.41) is 5.63. The molecule has 0 heterocycles. The van der Waals surface area contributed by atoms with E-state index < -0.39 is 0 Å². The number of hydrogen-bond donors (Lipinski definition) is 2. The van der Waals surface area contributed by atoms with Crippen LogP contribution in [0.2, 0.25) is 0 Å². The highest BCUT2D eigenvalue weighted by atomic mass is 16.5. The molecule has 0 saturated heterocycles. The molecule has 0 saturated carbocycles. The van der Waals surface area contributed by atoms with Gasteiger partial charge in [-0.15, -0.1) is 0 Å². The third-order valence-electron chi connectivity index (χ3n) is 1.73. The Morgan fingerprint density at radius 1 is 1.33 bits per heavy atom. The van der Waals surface area contributed by atoms with Crippen molar-refractivity contribution in [2.75, 3.05) is 26.7 Å². The minimum Gasteiger partial charge on any atom is -0.469 e. The lowest BCUT2D eigenvalue weighted by Gasteiger charge is -2.08. The molecule has 0 aromatic rings. The zero-order valence-electron chi connectivity index (χ0n) is 9.63. The third kappa shape index (κ3) is 9.21. The average Bonchev–Trinajstić information content (AvgIpc) is 2.21. The van der Waals surface area contributed by atoms with Gasteiger partial charge in [0.15, 0.2) is 0 Å².